The van der Waals surface area contributed by atoms with Crippen molar-refractivity contribution < 1.29 is 14.3 Å². The molecule has 2 aromatic rings. The Hall–Kier alpha value is -2.28. The number of aliphatic hydroxyl groups excluding tert-OH is 1. The first-order chi connectivity index (χ1) is 12.0. The van der Waals surface area contributed by atoms with Gasteiger partial charge in [0.25, 0.3) is 5.91 Å². The zero-order valence-electron chi connectivity index (χ0n) is 14.5. The Bertz CT molecular complexity index is 759. The van der Waals surface area contributed by atoms with Crippen LogP contribution < -0.4 is 0 Å². The summed E-state index contributed by atoms with van der Waals surface area (Å²) in [5.41, 5.74) is 0.282. The number of rotatable bonds is 4. The molecule has 0 bridgehead atoms. The number of para-hydroxylation sites is 1. The number of likely N-dealkylation sites (tertiary alicyclic amines) is 1. The Kier molecular flexibility index (Phi) is 5.13. The fourth-order valence-corrected chi connectivity index (χ4v) is 3.13. The molecule has 1 aromatic heterocycles. The van der Waals surface area contributed by atoms with Gasteiger partial charge in [0.05, 0.1) is 0 Å². The highest BCUT2D eigenvalue weighted by Crippen LogP contribution is 2.22. The van der Waals surface area contributed by atoms with E-state index in [1.54, 1.807) is 23.1 Å². The molecule has 0 saturated carbocycles. The molecule has 7 heteroatoms. The number of hydrogen-bond acceptors (Lipinski definition) is 4. The van der Waals surface area contributed by atoms with Crippen molar-refractivity contribution >= 4 is 5.91 Å². The number of halogens is 1. The minimum atomic E-state index is -0.411. The summed E-state index contributed by atoms with van der Waals surface area (Å²) < 4.78 is 15.6. The van der Waals surface area contributed by atoms with Gasteiger partial charge in [-0.25, -0.2) is 14.1 Å². The van der Waals surface area contributed by atoms with Gasteiger partial charge in [0.1, 0.15) is 17.3 Å². The van der Waals surface area contributed by atoms with Crippen molar-refractivity contribution in [2.24, 2.45) is 5.92 Å². The lowest BCUT2D eigenvalue weighted by molar-refractivity contribution is 0.0609. The van der Waals surface area contributed by atoms with Crippen molar-refractivity contribution in [1.29, 1.82) is 0 Å². The minimum Gasteiger partial charge on any atom is -0.396 e. The topological polar surface area (TPSA) is 71.2 Å². The molecular weight excluding hydrogens is 323 g/mol. The Morgan fingerprint density at radius 3 is 2.84 bits per heavy atom. The summed E-state index contributed by atoms with van der Waals surface area (Å²) in [4.78, 5) is 18.8. The molecular formula is C18H23FN4O2. The summed E-state index contributed by atoms with van der Waals surface area (Å²) in [6.07, 6.45) is 1.76. The number of aromatic nitrogens is 3. The SMILES string of the molecule is CC(C)c1nc(C(=O)N2CCCC(CO)C2)nn1-c1ccccc1F. The van der Waals surface area contributed by atoms with Crippen molar-refractivity contribution in [3.05, 3.63) is 41.7 Å². The number of carbonyl (C=O) groups is 1. The maximum atomic E-state index is 14.2. The van der Waals surface area contributed by atoms with Crippen LogP contribution in [-0.4, -0.2) is 50.4 Å². The molecule has 1 saturated heterocycles. The number of hydrogen-bond donors (Lipinski definition) is 1. The molecule has 1 atom stereocenters. The summed E-state index contributed by atoms with van der Waals surface area (Å²) in [6.45, 7) is 5.05. The van der Waals surface area contributed by atoms with E-state index in [4.69, 9.17) is 0 Å². The summed E-state index contributed by atoms with van der Waals surface area (Å²) in [7, 11) is 0. The molecule has 3 rings (SSSR count). The Morgan fingerprint density at radius 1 is 1.40 bits per heavy atom. The molecule has 1 fully saturated rings. The van der Waals surface area contributed by atoms with Crippen LogP contribution in [0.1, 0.15) is 49.1 Å². The Balaban J connectivity index is 1.94. The van der Waals surface area contributed by atoms with Crippen molar-refractivity contribution in [2.75, 3.05) is 19.7 Å². The normalized spacial score (nSPS) is 18.0. The minimum absolute atomic E-state index is 0.0137. The fourth-order valence-electron chi connectivity index (χ4n) is 3.13. The third-order valence-corrected chi connectivity index (χ3v) is 4.48. The van der Waals surface area contributed by atoms with E-state index in [2.05, 4.69) is 10.1 Å². The van der Waals surface area contributed by atoms with Crippen molar-refractivity contribution in [3.8, 4) is 5.69 Å². The van der Waals surface area contributed by atoms with Gasteiger partial charge in [-0.15, -0.1) is 5.10 Å². The van der Waals surface area contributed by atoms with E-state index in [9.17, 15) is 14.3 Å². The van der Waals surface area contributed by atoms with Gasteiger partial charge in [-0.05, 0) is 30.9 Å². The van der Waals surface area contributed by atoms with Gasteiger partial charge >= 0.3 is 0 Å². The molecule has 25 heavy (non-hydrogen) atoms. The van der Waals surface area contributed by atoms with Gasteiger partial charge in [-0.1, -0.05) is 26.0 Å². The predicted molar refractivity (Wildman–Crippen MR) is 91.1 cm³/mol. The number of piperidine rings is 1. The van der Waals surface area contributed by atoms with E-state index in [-0.39, 0.29) is 35.9 Å². The van der Waals surface area contributed by atoms with E-state index in [0.29, 0.717) is 18.9 Å². The molecule has 0 radical (unpaired) electrons. The highest BCUT2D eigenvalue weighted by atomic mass is 19.1. The number of benzene rings is 1. The van der Waals surface area contributed by atoms with Gasteiger partial charge in [0.2, 0.25) is 5.82 Å². The first-order valence-corrected chi connectivity index (χ1v) is 8.63. The van der Waals surface area contributed by atoms with Gasteiger partial charge in [-0.2, -0.15) is 0 Å². The van der Waals surface area contributed by atoms with Crippen LogP contribution in [0.25, 0.3) is 5.69 Å². The molecule has 1 aliphatic heterocycles. The van der Waals surface area contributed by atoms with Crippen LogP contribution in [0.3, 0.4) is 0 Å². The van der Waals surface area contributed by atoms with Crippen molar-refractivity contribution in [1.82, 2.24) is 19.7 Å². The fraction of sp³-hybridized carbons (Fsp3) is 0.500. The number of nitrogens with zero attached hydrogens (tertiary/aromatic N) is 4. The molecule has 1 amide bonds. The van der Waals surface area contributed by atoms with E-state index < -0.39 is 5.82 Å². The van der Waals surface area contributed by atoms with Gasteiger partial charge < -0.3 is 10.0 Å². The van der Waals surface area contributed by atoms with Crippen LogP contribution in [0.15, 0.2) is 24.3 Å². The zero-order chi connectivity index (χ0) is 18.0. The van der Waals surface area contributed by atoms with Crippen LogP contribution >= 0.6 is 0 Å². The predicted octanol–water partition coefficient (Wildman–Crippen LogP) is 2.37. The van der Waals surface area contributed by atoms with Gasteiger partial charge in [0.15, 0.2) is 0 Å². The van der Waals surface area contributed by atoms with Crippen LogP contribution in [0.5, 0.6) is 0 Å². The summed E-state index contributed by atoms with van der Waals surface area (Å²) in [6, 6.07) is 6.31. The molecule has 1 N–H and O–H groups in total. The molecule has 1 aliphatic rings. The van der Waals surface area contributed by atoms with E-state index in [1.807, 2.05) is 13.8 Å². The average molecular weight is 346 g/mol. The second-order valence-electron chi connectivity index (χ2n) is 6.75. The first kappa shape index (κ1) is 17.5. The van der Waals surface area contributed by atoms with Crippen molar-refractivity contribution in [2.45, 2.75) is 32.6 Å². The number of aliphatic hydroxyl groups is 1. The van der Waals surface area contributed by atoms with Crippen LogP contribution in [-0.2, 0) is 0 Å². The summed E-state index contributed by atoms with van der Waals surface area (Å²) >= 11 is 0. The standard InChI is InChI=1S/C18H23FN4O2/c1-12(2)17-20-16(18(25)22-9-5-6-13(10-22)11-24)21-23(17)15-8-4-3-7-14(15)19/h3-4,7-8,12-13,24H,5-6,9-11H2,1-2H3. The van der Waals surface area contributed by atoms with E-state index in [1.165, 1.54) is 10.7 Å². The van der Waals surface area contributed by atoms with E-state index >= 15 is 0 Å². The molecule has 134 valence electrons. The molecule has 0 spiro atoms. The first-order valence-electron chi connectivity index (χ1n) is 8.63. The third kappa shape index (κ3) is 3.56. The molecule has 6 nitrogen and oxygen atoms in total. The molecule has 2 heterocycles. The maximum absolute atomic E-state index is 14.2. The second-order valence-corrected chi connectivity index (χ2v) is 6.75. The summed E-state index contributed by atoms with van der Waals surface area (Å²) in [5, 5.41) is 13.6. The lowest BCUT2D eigenvalue weighted by Gasteiger charge is -2.30. The molecule has 1 unspecified atom stereocenters. The van der Waals surface area contributed by atoms with E-state index in [0.717, 1.165) is 12.8 Å². The molecule has 0 aliphatic carbocycles. The smallest absolute Gasteiger partial charge is 0.293 e. The largest absolute Gasteiger partial charge is 0.396 e. The van der Waals surface area contributed by atoms with Crippen LogP contribution in [0.4, 0.5) is 4.39 Å². The monoisotopic (exact) mass is 346 g/mol. The quantitative estimate of drug-likeness (QED) is 0.923. The van der Waals surface area contributed by atoms with Gasteiger partial charge in [-0.3, -0.25) is 4.79 Å². The highest BCUT2D eigenvalue weighted by Gasteiger charge is 2.28. The van der Waals surface area contributed by atoms with Crippen molar-refractivity contribution in [3.63, 3.8) is 0 Å². The maximum Gasteiger partial charge on any atom is 0.293 e. The highest BCUT2D eigenvalue weighted by molar-refractivity contribution is 5.90. The van der Waals surface area contributed by atoms with Crippen LogP contribution in [0.2, 0.25) is 0 Å². The molecule has 1 aromatic carbocycles. The lowest BCUT2D eigenvalue weighted by atomic mass is 9.99. The summed E-state index contributed by atoms with van der Waals surface area (Å²) in [5.74, 6) is 0.0209. The average Bonchev–Trinajstić information content (AvgIpc) is 3.07. The second kappa shape index (κ2) is 7.31. The number of amides is 1. The number of carbonyl (C=O) groups excluding carboxylic acids is 1. The van der Waals surface area contributed by atoms with Gasteiger partial charge in [0, 0.05) is 25.6 Å². The zero-order valence-corrected chi connectivity index (χ0v) is 14.5. The Morgan fingerprint density at radius 2 is 2.16 bits per heavy atom. The lowest BCUT2D eigenvalue weighted by Crippen LogP contribution is -2.41. The van der Waals surface area contributed by atoms with Crippen LogP contribution in [0, 0.1) is 11.7 Å². The Labute approximate surface area is 146 Å². The third-order valence-electron chi connectivity index (χ3n) is 4.48.